The van der Waals surface area contributed by atoms with Crippen molar-refractivity contribution in [3.63, 3.8) is 0 Å². The number of oxazole rings is 1. The Morgan fingerprint density at radius 2 is 1.97 bits per heavy atom. The predicted octanol–water partition coefficient (Wildman–Crippen LogP) is 2.35. The molecule has 0 radical (unpaired) electrons. The number of sulfonamides is 1. The summed E-state index contributed by atoms with van der Waals surface area (Å²) in [5.74, 6) is -1.19. The lowest BCUT2D eigenvalue weighted by molar-refractivity contribution is -0.117. The molecule has 1 amide bonds. The minimum Gasteiger partial charge on any atom is -0.462 e. The molecular formula is C22H25N3O7S2. The number of aryl methyl sites for hydroxylation is 1. The highest BCUT2D eigenvalue weighted by Crippen LogP contribution is 2.19. The average molecular weight is 508 g/mol. The highest BCUT2D eigenvalue weighted by Gasteiger charge is 2.26. The zero-order valence-corrected chi connectivity index (χ0v) is 20.5. The Kier molecular flexibility index (Phi) is 8.18. The Bertz CT molecular complexity index is 1360. The van der Waals surface area contributed by atoms with Gasteiger partial charge >= 0.3 is 11.7 Å². The molecule has 10 nitrogen and oxygen atoms in total. The van der Waals surface area contributed by atoms with Gasteiger partial charge in [-0.2, -0.15) is 16.5 Å². The number of benzene rings is 2. The second kappa shape index (κ2) is 10.9. The molecule has 34 heavy (non-hydrogen) atoms. The van der Waals surface area contributed by atoms with Gasteiger partial charge < -0.3 is 14.5 Å². The van der Waals surface area contributed by atoms with E-state index in [1.54, 1.807) is 25.1 Å². The van der Waals surface area contributed by atoms with Crippen molar-refractivity contribution in [2.45, 2.75) is 24.3 Å². The molecule has 1 atom stereocenters. The summed E-state index contributed by atoms with van der Waals surface area (Å²) in [6, 6.07) is 9.16. The molecular weight excluding hydrogens is 482 g/mol. The summed E-state index contributed by atoms with van der Waals surface area (Å²) in [5.41, 5.74) is 1.16. The molecule has 2 aromatic carbocycles. The number of hydrogen-bond donors (Lipinski definition) is 2. The molecule has 1 aromatic heterocycles. The molecule has 2 N–H and O–H groups in total. The molecule has 12 heteroatoms. The minimum absolute atomic E-state index is 0.122. The standard InChI is InChI=1S/C22H25N3O7S2/c1-4-31-21(27)14-6-5-7-15(12-14)23-20(26)17(10-11-33-3)24-34(29,30)16-8-9-18-19(13-16)32-22(28)25(18)2/h5-9,12-13,17,24H,4,10-11H2,1-3H3,(H,23,26). The molecule has 0 saturated heterocycles. The van der Waals surface area contributed by atoms with Crippen LogP contribution < -0.4 is 15.8 Å². The smallest absolute Gasteiger partial charge is 0.419 e. The Morgan fingerprint density at radius 1 is 1.21 bits per heavy atom. The summed E-state index contributed by atoms with van der Waals surface area (Å²) >= 11 is 1.47. The van der Waals surface area contributed by atoms with Gasteiger partial charge in [-0.1, -0.05) is 6.07 Å². The van der Waals surface area contributed by atoms with E-state index in [-0.39, 0.29) is 29.1 Å². The van der Waals surface area contributed by atoms with Crippen LogP contribution in [0.15, 0.2) is 56.6 Å². The number of thioether (sulfide) groups is 1. The molecule has 182 valence electrons. The molecule has 1 unspecified atom stereocenters. The summed E-state index contributed by atoms with van der Waals surface area (Å²) in [4.78, 5) is 36.5. The van der Waals surface area contributed by atoms with Gasteiger partial charge in [0.25, 0.3) is 0 Å². The highest BCUT2D eigenvalue weighted by molar-refractivity contribution is 7.98. The van der Waals surface area contributed by atoms with Crippen LogP contribution in [-0.2, 0) is 26.6 Å². The summed E-state index contributed by atoms with van der Waals surface area (Å²) in [6.07, 6.45) is 2.07. The third-order valence-electron chi connectivity index (χ3n) is 4.94. The number of nitrogens with one attached hydrogen (secondary N) is 2. The van der Waals surface area contributed by atoms with Crippen LogP contribution >= 0.6 is 11.8 Å². The van der Waals surface area contributed by atoms with Gasteiger partial charge in [-0.3, -0.25) is 9.36 Å². The second-order valence-corrected chi connectivity index (χ2v) is 10.0. The number of rotatable bonds is 10. The number of carbonyl (C=O) groups excluding carboxylic acids is 2. The van der Waals surface area contributed by atoms with E-state index >= 15 is 0 Å². The van der Waals surface area contributed by atoms with E-state index in [2.05, 4.69) is 10.0 Å². The lowest BCUT2D eigenvalue weighted by Crippen LogP contribution is -2.44. The predicted molar refractivity (Wildman–Crippen MR) is 130 cm³/mol. The maximum Gasteiger partial charge on any atom is 0.419 e. The molecule has 0 fully saturated rings. The fraction of sp³-hybridized carbons (Fsp3) is 0.318. The van der Waals surface area contributed by atoms with Gasteiger partial charge in [-0.15, -0.1) is 0 Å². The van der Waals surface area contributed by atoms with Crippen LogP contribution in [0.3, 0.4) is 0 Å². The third-order valence-corrected chi connectivity index (χ3v) is 7.05. The van der Waals surface area contributed by atoms with Gasteiger partial charge in [0, 0.05) is 18.8 Å². The molecule has 3 aromatic rings. The van der Waals surface area contributed by atoms with Crippen molar-refractivity contribution in [2.24, 2.45) is 7.05 Å². The monoisotopic (exact) mass is 507 g/mol. The lowest BCUT2D eigenvalue weighted by atomic mass is 10.2. The van der Waals surface area contributed by atoms with Gasteiger partial charge in [0.1, 0.15) is 6.04 Å². The zero-order chi connectivity index (χ0) is 24.9. The van der Waals surface area contributed by atoms with Crippen molar-refractivity contribution < 1.29 is 27.2 Å². The number of aromatic nitrogens is 1. The number of amides is 1. The van der Waals surface area contributed by atoms with Crippen LogP contribution in [0.25, 0.3) is 11.1 Å². The number of hydrogen-bond acceptors (Lipinski definition) is 8. The number of carbonyl (C=O) groups is 2. The number of ether oxygens (including phenoxy) is 1. The first-order chi connectivity index (χ1) is 16.2. The van der Waals surface area contributed by atoms with Gasteiger partial charge in [0.05, 0.1) is 22.6 Å². The topological polar surface area (TPSA) is 137 Å². The average Bonchev–Trinajstić information content (AvgIpc) is 3.09. The molecule has 0 aliphatic rings. The molecule has 0 spiro atoms. The van der Waals surface area contributed by atoms with E-state index in [4.69, 9.17) is 9.15 Å². The van der Waals surface area contributed by atoms with E-state index < -0.39 is 33.7 Å². The van der Waals surface area contributed by atoms with Gasteiger partial charge in [0.2, 0.25) is 15.9 Å². The van der Waals surface area contributed by atoms with E-state index in [9.17, 15) is 22.8 Å². The van der Waals surface area contributed by atoms with Crippen LogP contribution in [0.4, 0.5) is 5.69 Å². The van der Waals surface area contributed by atoms with E-state index in [0.29, 0.717) is 17.0 Å². The molecule has 1 heterocycles. The van der Waals surface area contributed by atoms with Crippen LogP contribution in [0, 0.1) is 0 Å². The largest absolute Gasteiger partial charge is 0.462 e. The summed E-state index contributed by atoms with van der Waals surface area (Å²) in [7, 11) is -2.60. The van der Waals surface area contributed by atoms with Crippen molar-refractivity contribution in [1.29, 1.82) is 0 Å². The van der Waals surface area contributed by atoms with Crippen molar-refractivity contribution in [3.8, 4) is 0 Å². The minimum atomic E-state index is -4.12. The number of esters is 1. The van der Waals surface area contributed by atoms with Crippen molar-refractivity contribution in [1.82, 2.24) is 9.29 Å². The maximum absolute atomic E-state index is 13.0. The third kappa shape index (κ3) is 5.88. The van der Waals surface area contributed by atoms with E-state index in [0.717, 1.165) is 0 Å². The second-order valence-electron chi connectivity index (χ2n) is 7.30. The Morgan fingerprint density at radius 3 is 2.68 bits per heavy atom. The molecule has 0 bridgehead atoms. The summed E-state index contributed by atoms with van der Waals surface area (Å²) in [6.45, 7) is 1.90. The van der Waals surface area contributed by atoms with Crippen LogP contribution in [0.5, 0.6) is 0 Å². The Hall–Kier alpha value is -3.09. The molecule has 0 aliphatic heterocycles. The van der Waals surface area contributed by atoms with E-state index in [1.807, 2.05) is 6.26 Å². The van der Waals surface area contributed by atoms with Crippen LogP contribution in [-0.4, -0.2) is 49.5 Å². The van der Waals surface area contributed by atoms with Crippen molar-refractivity contribution in [3.05, 3.63) is 58.6 Å². The first kappa shape index (κ1) is 25.5. The van der Waals surface area contributed by atoms with E-state index in [1.165, 1.54) is 47.6 Å². The fourth-order valence-corrected chi connectivity index (χ4v) is 4.90. The molecule has 3 rings (SSSR count). The summed E-state index contributed by atoms with van der Waals surface area (Å²) < 4.78 is 39.8. The Labute approximate surface area is 200 Å². The Balaban J connectivity index is 1.82. The number of anilines is 1. The van der Waals surface area contributed by atoms with Gasteiger partial charge in [-0.25, -0.2) is 18.0 Å². The summed E-state index contributed by atoms with van der Waals surface area (Å²) in [5, 5.41) is 2.66. The normalized spacial score (nSPS) is 12.4. The zero-order valence-electron chi connectivity index (χ0n) is 18.9. The number of nitrogens with zero attached hydrogens (tertiary/aromatic N) is 1. The quantitative estimate of drug-likeness (QED) is 0.399. The molecule has 0 saturated carbocycles. The number of fused-ring (bicyclic) bond motifs is 1. The van der Waals surface area contributed by atoms with Gasteiger partial charge in [0.15, 0.2) is 5.58 Å². The first-order valence-corrected chi connectivity index (χ1v) is 13.2. The SMILES string of the molecule is CCOC(=O)c1cccc(NC(=O)C(CCSC)NS(=O)(=O)c2ccc3c(c2)oc(=O)n3C)c1. The maximum atomic E-state index is 13.0. The molecule has 0 aliphatic carbocycles. The van der Waals surface area contributed by atoms with Crippen LogP contribution in [0.2, 0.25) is 0 Å². The van der Waals surface area contributed by atoms with Gasteiger partial charge in [-0.05, 0) is 55.7 Å². The van der Waals surface area contributed by atoms with Crippen molar-refractivity contribution >= 4 is 50.4 Å². The lowest BCUT2D eigenvalue weighted by Gasteiger charge is -2.18. The highest BCUT2D eigenvalue weighted by atomic mass is 32.2. The fourth-order valence-electron chi connectivity index (χ4n) is 3.18. The van der Waals surface area contributed by atoms with Crippen molar-refractivity contribution in [2.75, 3.05) is 23.9 Å². The first-order valence-electron chi connectivity index (χ1n) is 10.3. The van der Waals surface area contributed by atoms with Crippen LogP contribution in [0.1, 0.15) is 23.7 Å².